The van der Waals surface area contributed by atoms with Crippen molar-refractivity contribution in [1.29, 1.82) is 0 Å². The molecule has 0 spiro atoms. The fourth-order valence-corrected chi connectivity index (χ4v) is 4.86. The first-order valence-electron chi connectivity index (χ1n) is 13.3. The van der Waals surface area contributed by atoms with Gasteiger partial charge in [-0.05, 0) is 35.9 Å². The number of hydrogen-bond acceptors (Lipinski definition) is 8. The molecule has 1 aliphatic rings. The van der Waals surface area contributed by atoms with Gasteiger partial charge in [0.25, 0.3) is 0 Å². The highest BCUT2D eigenvalue weighted by molar-refractivity contribution is 6.00. The minimum Gasteiger partial charge on any atom is -0.494 e. The molecule has 1 aliphatic heterocycles. The summed E-state index contributed by atoms with van der Waals surface area (Å²) in [4.78, 5) is 26.0. The van der Waals surface area contributed by atoms with E-state index in [2.05, 4.69) is 44.1 Å². The van der Waals surface area contributed by atoms with Crippen LogP contribution in [0, 0.1) is 0 Å². The molecule has 0 saturated carbocycles. The van der Waals surface area contributed by atoms with E-state index in [4.69, 9.17) is 14.5 Å². The third-order valence-electron chi connectivity index (χ3n) is 7.02. The quantitative estimate of drug-likeness (QED) is 0.274. The Kier molecular flexibility index (Phi) is 8.53. The summed E-state index contributed by atoms with van der Waals surface area (Å²) >= 11 is 0. The zero-order valence-corrected chi connectivity index (χ0v) is 22.9. The third kappa shape index (κ3) is 6.22. The van der Waals surface area contributed by atoms with Crippen molar-refractivity contribution in [2.45, 2.75) is 0 Å². The standard InChI is InChI=1S/C31H34N6O3/c1-4-29(38)33-24-9-5-7-22(19-24)26-10-6-8-23-21-32-31(35-30(23)26)34-27-12-11-25(20-28(27)40-3)37-15-13-36(14-16-37)17-18-39-2/h4-12,19-21H,1,13-18H2,2-3H3,(H,33,38)(H,32,34,35). The number of anilines is 4. The van der Waals surface area contributed by atoms with Crippen LogP contribution in [-0.2, 0) is 9.53 Å². The highest BCUT2D eigenvalue weighted by Gasteiger charge is 2.18. The molecule has 0 aliphatic carbocycles. The highest BCUT2D eigenvalue weighted by atomic mass is 16.5. The second-order valence-electron chi connectivity index (χ2n) is 9.54. The maximum atomic E-state index is 11.8. The number of piperazine rings is 1. The van der Waals surface area contributed by atoms with E-state index in [1.807, 2.05) is 48.5 Å². The summed E-state index contributed by atoms with van der Waals surface area (Å²) in [6.07, 6.45) is 3.06. The topological polar surface area (TPSA) is 91.9 Å². The molecule has 0 unspecified atom stereocenters. The van der Waals surface area contributed by atoms with E-state index >= 15 is 0 Å². The fraction of sp³-hybridized carbons (Fsp3) is 0.258. The second kappa shape index (κ2) is 12.6. The van der Waals surface area contributed by atoms with Crippen LogP contribution < -0.4 is 20.3 Å². The van der Waals surface area contributed by atoms with Crippen molar-refractivity contribution >= 4 is 39.8 Å². The lowest BCUT2D eigenvalue weighted by atomic mass is 10.0. The zero-order chi connectivity index (χ0) is 27.9. The molecule has 40 heavy (non-hydrogen) atoms. The number of rotatable bonds is 10. The number of hydrogen-bond donors (Lipinski definition) is 2. The number of aromatic nitrogens is 2. The zero-order valence-electron chi connectivity index (χ0n) is 22.9. The molecule has 9 nitrogen and oxygen atoms in total. The lowest BCUT2D eigenvalue weighted by molar-refractivity contribution is -0.111. The first-order chi connectivity index (χ1) is 19.6. The average Bonchev–Trinajstić information content (AvgIpc) is 3.00. The van der Waals surface area contributed by atoms with Crippen LogP contribution in [0.4, 0.5) is 23.0 Å². The van der Waals surface area contributed by atoms with Gasteiger partial charge in [-0.2, -0.15) is 0 Å². The van der Waals surface area contributed by atoms with Gasteiger partial charge >= 0.3 is 0 Å². The van der Waals surface area contributed by atoms with Crippen LogP contribution in [0.15, 0.2) is 79.5 Å². The number of nitrogens with one attached hydrogen (secondary N) is 2. The van der Waals surface area contributed by atoms with Gasteiger partial charge in [0, 0.05) is 74.4 Å². The maximum Gasteiger partial charge on any atom is 0.247 e. The summed E-state index contributed by atoms with van der Waals surface area (Å²) in [5.74, 6) is 0.934. The largest absolute Gasteiger partial charge is 0.494 e. The van der Waals surface area contributed by atoms with Gasteiger partial charge in [-0.15, -0.1) is 0 Å². The summed E-state index contributed by atoms with van der Waals surface area (Å²) < 4.78 is 11.0. The van der Waals surface area contributed by atoms with Crippen LogP contribution in [0.25, 0.3) is 22.0 Å². The van der Waals surface area contributed by atoms with E-state index in [0.717, 1.165) is 78.5 Å². The lowest BCUT2D eigenvalue weighted by Crippen LogP contribution is -2.47. The Bertz CT molecular complexity index is 1500. The summed E-state index contributed by atoms with van der Waals surface area (Å²) in [6.45, 7) is 9.15. The Morgan fingerprint density at radius 3 is 2.65 bits per heavy atom. The number of methoxy groups -OCH3 is 2. The van der Waals surface area contributed by atoms with Crippen molar-refractivity contribution in [3.8, 4) is 16.9 Å². The van der Waals surface area contributed by atoms with Crippen molar-refractivity contribution in [3.63, 3.8) is 0 Å². The van der Waals surface area contributed by atoms with E-state index in [0.29, 0.717) is 11.6 Å². The lowest BCUT2D eigenvalue weighted by Gasteiger charge is -2.36. The highest BCUT2D eigenvalue weighted by Crippen LogP contribution is 2.33. The number of carbonyl (C=O) groups is 1. The number of fused-ring (bicyclic) bond motifs is 1. The molecular formula is C31H34N6O3. The summed E-state index contributed by atoms with van der Waals surface area (Å²) in [7, 11) is 3.41. The summed E-state index contributed by atoms with van der Waals surface area (Å²) in [6, 6.07) is 19.8. The van der Waals surface area contributed by atoms with Crippen LogP contribution >= 0.6 is 0 Å². The van der Waals surface area contributed by atoms with E-state index in [-0.39, 0.29) is 5.91 Å². The van der Waals surface area contributed by atoms with Gasteiger partial charge in [-0.3, -0.25) is 9.69 Å². The van der Waals surface area contributed by atoms with Crippen LogP contribution in [-0.4, -0.2) is 74.3 Å². The SMILES string of the molecule is C=CC(=O)Nc1cccc(-c2cccc3cnc(Nc4ccc(N5CCN(CCOC)CC5)cc4OC)nc23)c1. The molecule has 1 saturated heterocycles. The van der Waals surface area contributed by atoms with Gasteiger partial charge in [0.05, 0.1) is 24.9 Å². The maximum absolute atomic E-state index is 11.8. The monoisotopic (exact) mass is 538 g/mol. The van der Waals surface area contributed by atoms with E-state index in [1.165, 1.54) is 6.08 Å². The fourth-order valence-electron chi connectivity index (χ4n) is 4.86. The number of nitrogens with zero attached hydrogens (tertiary/aromatic N) is 4. The number of amides is 1. The van der Waals surface area contributed by atoms with Crippen molar-refractivity contribution in [1.82, 2.24) is 14.9 Å². The molecule has 206 valence electrons. The van der Waals surface area contributed by atoms with Gasteiger partial charge in [-0.25, -0.2) is 9.97 Å². The Morgan fingerprint density at radius 2 is 1.88 bits per heavy atom. The molecule has 1 amide bonds. The number of para-hydroxylation sites is 1. The van der Waals surface area contributed by atoms with Crippen molar-refractivity contribution in [2.75, 3.05) is 69.1 Å². The molecule has 1 fully saturated rings. The third-order valence-corrected chi connectivity index (χ3v) is 7.02. The second-order valence-corrected chi connectivity index (χ2v) is 9.54. The van der Waals surface area contributed by atoms with E-state index < -0.39 is 0 Å². The van der Waals surface area contributed by atoms with Crippen molar-refractivity contribution < 1.29 is 14.3 Å². The summed E-state index contributed by atoms with van der Waals surface area (Å²) in [5, 5.41) is 7.07. The predicted molar refractivity (Wildman–Crippen MR) is 161 cm³/mol. The Hall–Kier alpha value is -4.47. The Labute approximate surface area is 234 Å². The van der Waals surface area contributed by atoms with Crippen LogP contribution in [0.1, 0.15) is 0 Å². The molecule has 9 heteroatoms. The van der Waals surface area contributed by atoms with E-state index in [1.54, 1.807) is 20.4 Å². The van der Waals surface area contributed by atoms with Crippen LogP contribution in [0.5, 0.6) is 5.75 Å². The van der Waals surface area contributed by atoms with E-state index in [9.17, 15) is 4.79 Å². The smallest absolute Gasteiger partial charge is 0.247 e. The molecule has 1 aromatic heterocycles. The molecule has 0 radical (unpaired) electrons. The number of ether oxygens (including phenoxy) is 2. The number of benzene rings is 3. The van der Waals surface area contributed by atoms with Crippen molar-refractivity contribution in [2.24, 2.45) is 0 Å². The first-order valence-corrected chi connectivity index (χ1v) is 13.3. The molecule has 4 aromatic rings. The van der Waals surface area contributed by atoms with Gasteiger partial charge < -0.3 is 25.0 Å². The van der Waals surface area contributed by atoms with Gasteiger partial charge in [0.1, 0.15) is 5.75 Å². The van der Waals surface area contributed by atoms with Crippen LogP contribution in [0.3, 0.4) is 0 Å². The van der Waals surface area contributed by atoms with Gasteiger partial charge in [0.15, 0.2) is 0 Å². The number of carbonyl (C=O) groups excluding carboxylic acids is 1. The molecule has 2 N–H and O–H groups in total. The summed E-state index contributed by atoms with van der Waals surface area (Å²) in [5.41, 5.74) is 5.27. The first kappa shape index (κ1) is 27.1. The molecule has 3 aromatic carbocycles. The predicted octanol–water partition coefficient (Wildman–Crippen LogP) is 4.94. The molecule has 2 heterocycles. The molecular weight excluding hydrogens is 504 g/mol. The van der Waals surface area contributed by atoms with Crippen molar-refractivity contribution in [3.05, 3.63) is 79.5 Å². The molecule has 0 atom stereocenters. The minimum atomic E-state index is -0.256. The average molecular weight is 539 g/mol. The van der Waals surface area contributed by atoms with Gasteiger partial charge in [-0.1, -0.05) is 36.9 Å². The molecule has 5 rings (SSSR count). The Morgan fingerprint density at radius 1 is 1.05 bits per heavy atom. The minimum absolute atomic E-state index is 0.256. The van der Waals surface area contributed by atoms with Crippen LogP contribution in [0.2, 0.25) is 0 Å². The molecule has 0 bridgehead atoms. The Balaban J connectivity index is 1.37. The van der Waals surface area contributed by atoms with Gasteiger partial charge in [0.2, 0.25) is 11.9 Å². The normalized spacial score (nSPS) is 13.7.